The van der Waals surface area contributed by atoms with E-state index in [4.69, 9.17) is 32.8 Å². The van der Waals surface area contributed by atoms with Crippen molar-refractivity contribution in [3.8, 4) is 0 Å². The summed E-state index contributed by atoms with van der Waals surface area (Å²) in [6.45, 7) is 1.08. The summed E-state index contributed by atoms with van der Waals surface area (Å²) in [6, 6.07) is 0. The van der Waals surface area contributed by atoms with Gasteiger partial charge in [0.05, 0.1) is 0 Å². The molecule has 0 aliphatic heterocycles. The Labute approximate surface area is 117 Å². The average Bonchev–Trinajstić information content (AvgIpc) is 2.29. The summed E-state index contributed by atoms with van der Waals surface area (Å²) in [5.41, 5.74) is 23.2. The molecular formula is C14H20N4O2. The van der Waals surface area contributed by atoms with Gasteiger partial charge in [-0.05, 0) is 35.5 Å². The number of hydrogen-bond acceptors (Lipinski definition) is 5. The van der Waals surface area contributed by atoms with Crippen LogP contribution in [0.15, 0.2) is 59.8 Å². The molecule has 0 aromatic rings. The van der Waals surface area contributed by atoms with E-state index < -0.39 is 17.3 Å². The van der Waals surface area contributed by atoms with Crippen LogP contribution in [-0.2, 0) is 4.79 Å². The molecule has 0 spiro atoms. The van der Waals surface area contributed by atoms with Crippen LogP contribution in [0.4, 0.5) is 0 Å². The fraction of sp³-hybridized carbons (Fsp3) is 0.214. The topological polar surface area (TPSA) is 141 Å². The fourth-order valence-electron chi connectivity index (χ4n) is 1.54. The number of carboxylic acid groups (broad SMARTS) is 1. The summed E-state index contributed by atoms with van der Waals surface area (Å²) in [6.07, 6.45) is 14.6. The van der Waals surface area contributed by atoms with E-state index in [1.54, 1.807) is 24.3 Å². The third-order valence-corrected chi connectivity index (χ3v) is 2.54. The van der Waals surface area contributed by atoms with Crippen LogP contribution in [0.3, 0.4) is 0 Å². The molecule has 0 saturated heterocycles. The normalized spacial score (nSPS) is 21.4. The molecule has 0 heterocycles. The molecule has 2 rings (SSSR count). The third-order valence-electron chi connectivity index (χ3n) is 2.54. The van der Waals surface area contributed by atoms with E-state index in [1.807, 2.05) is 24.3 Å². The molecule has 0 atom stereocenters. The van der Waals surface area contributed by atoms with Gasteiger partial charge in [-0.25, -0.2) is 0 Å². The highest BCUT2D eigenvalue weighted by atomic mass is 16.4. The second kappa shape index (κ2) is 5.98. The van der Waals surface area contributed by atoms with Crippen LogP contribution in [0.1, 0.15) is 6.92 Å². The lowest BCUT2D eigenvalue weighted by molar-refractivity contribution is -0.134. The summed E-state index contributed by atoms with van der Waals surface area (Å²) < 4.78 is 0. The van der Waals surface area contributed by atoms with E-state index in [9.17, 15) is 0 Å². The number of hydrogen-bond donors (Lipinski definition) is 5. The van der Waals surface area contributed by atoms with Gasteiger partial charge >= 0.3 is 0 Å². The fourth-order valence-corrected chi connectivity index (χ4v) is 1.54. The minimum Gasteiger partial charge on any atom is -0.481 e. The molecule has 0 saturated carbocycles. The molecule has 9 N–H and O–H groups in total. The largest absolute Gasteiger partial charge is 0.481 e. The summed E-state index contributed by atoms with van der Waals surface area (Å²) >= 11 is 0. The van der Waals surface area contributed by atoms with Crippen LogP contribution >= 0.6 is 0 Å². The molecule has 20 heavy (non-hydrogen) atoms. The average molecular weight is 276 g/mol. The first-order valence-electron chi connectivity index (χ1n) is 5.98. The highest BCUT2D eigenvalue weighted by Gasteiger charge is 2.17. The second-order valence-electron chi connectivity index (χ2n) is 4.76. The summed E-state index contributed by atoms with van der Waals surface area (Å²) in [5.74, 6) is -0.833. The zero-order valence-corrected chi connectivity index (χ0v) is 11.3. The van der Waals surface area contributed by atoms with Crippen molar-refractivity contribution in [2.75, 3.05) is 0 Å². The van der Waals surface area contributed by atoms with Gasteiger partial charge in [0.25, 0.3) is 5.97 Å². The molecule has 2 aliphatic rings. The van der Waals surface area contributed by atoms with E-state index >= 15 is 0 Å². The minimum absolute atomic E-state index is 0.833. The monoisotopic (exact) mass is 276 g/mol. The molecule has 6 nitrogen and oxygen atoms in total. The Morgan fingerprint density at radius 3 is 1.25 bits per heavy atom. The lowest BCUT2D eigenvalue weighted by Crippen LogP contribution is -2.46. The number of nitrogens with two attached hydrogens (primary N) is 4. The first-order chi connectivity index (χ1) is 9.11. The highest BCUT2D eigenvalue weighted by molar-refractivity contribution is 5.63. The lowest BCUT2D eigenvalue weighted by atomic mass is 9.94. The SMILES string of the molecule is CC(=O)O.NC1(N)C=CC(=C2C=CC(N)(N)C=C2)C=C1. The van der Waals surface area contributed by atoms with Crippen molar-refractivity contribution >= 4 is 5.97 Å². The maximum Gasteiger partial charge on any atom is 0.300 e. The van der Waals surface area contributed by atoms with E-state index in [-0.39, 0.29) is 0 Å². The molecule has 0 amide bonds. The van der Waals surface area contributed by atoms with Gasteiger partial charge in [0.1, 0.15) is 11.3 Å². The van der Waals surface area contributed by atoms with Crippen LogP contribution in [0, 0.1) is 0 Å². The Bertz CT molecular complexity index is 455. The smallest absolute Gasteiger partial charge is 0.300 e. The Morgan fingerprint density at radius 2 is 1.05 bits per heavy atom. The van der Waals surface area contributed by atoms with Crippen LogP contribution in [-0.4, -0.2) is 22.4 Å². The Balaban J connectivity index is 0.000000444. The van der Waals surface area contributed by atoms with Crippen molar-refractivity contribution in [2.45, 2.75) is 18.2 Å². The number of allylic oxidation sites excluding steroid dienone is 6. The lowest BCUT2D eigenvalue weighted by Gasteiger charge is -2.22. The minimum atomic E-state index is -0.850. The molecule has 0 unspecified atom stereocenters. The molecule has 108 valence electrons. The van der Waals surface area contributed by atoms with Gasteiger partial charge < -0.3 is 28.0 Å². The van der Waals surface area contributed by atoms with E-state index in [1.165, 1.54) is 0 Å². The van der Waals surface area contributed by atoms with E-state index in [0.29, 0.717) is 0 Å². The molecule has 0 radical (unpaired) electrons. The first kappa shape index (κ1) is 16.1. The van der Waals surface area contributed by atoms with Crippen LogP contribution < -0.4 is 22.9 Å². The third kappa shape index (κ3) is 5.33. The first-order valence-corrected chi connectivity index (χ1v) is 5.98. The van der Waals surface area contributed by atoms with Crippen molar-refractivity contribution in [3.05, 3.63) is 59.8 Å². The second-order valence-corrected chi connectivity index (χ2v) is 4.76. The van der Waals surface area contributed by atoms with Crippen molar-refractivity contribution in [1.29, 1.82) is 0 Å². The molecule has 0 fully saturated rings. The quantitative estimate of drug-likeness (QED) is 0.390. The van der Waals surface area contributed by atoms with Crippen LogP contribution in [0.25, 0.3) is 0 Å². The van der Waals surface area contributed by atoms with E-state index in [0.717, 1.165) is 18.1 Å². The van der Waals surface area contributed by atoms with Gasteiger partial charge in [0.15, 0.2) is 0 Å². The number of carboxylic acids is 1. The summed E-state index contributed by atoms with van der Waals surface area (Å²) in [4.78, 5) is 9.00. The Hall–Kier alpha value is -1.99. The van der Waals surface area contributed by atoms with Gasteiger partial charge in [-0.1, -0.05) is 24.3 Å². The zero-order chi connectivity index (χ0) is 15.4. The van der Waals surface area contributed by atoms with Gasteiger partial charge in [-0.3, -0.25) is 4.79 Å². The molecule has 0 aromatic heterocycles. The maximum atomic E-state index is 9.00. The summed E-state index contributed by atoms with van der Waals surface area (Å²) in [7, 11) is 0. The Morgan fingerprint density at radius 1 is 0.850 bits per heavy atom. The molecule has 6 heteroatoms. The number of rotatable bonds is 0. The van der Waals surface area contributed by atoms with Gasteiger partial charge in [0, 0.05) is 6.92 Å². The van der Waals surface area contributed by atoms with Gasteiger partial charge in [0.2, 0.25) is 0 Å². The van der Waals surface area contributed by atoms with Gasteiger partial charge in [-0.2, -0.15) is 0 Å². The van der Waals surface area contributed by atoms with Crippen molar-refractivity contribution in [2.24, 2.45) is 22.9 Å². The predicted octanol–water partition coefficient (Wildman–Crippen LogP) is -0.147. The molecule has 0 bridgehead atoms. The number of aliphatic carboxylic acids is 1. The molecular weight excluding hydrogens is 256 g/mol. The van der Waals surface area contributed by atoms with Gasteiger partial charge in [-0.15, -0.1) is 0 Å². The van der Waals surface area contributed by atoms with Crippen LogP contribution in [0.5, 0.6) is 0 Å². The standard InChI is InChI=1S/C12H16N4.C2H4O2/c13-11(14)5-1-9(2-6-11)10-3-7-12(15,16)8-4-10;1-2(3)4/h1-8H,13-16H2;1H3,(H,3,4). The number of carbonyl (C=O) groups is 1. The summed E-state index contributed by atoms with van der Waals surface area (Å²) in [5, 5.41) is 7.42. The van der Waals surface area contributed by atoms with Crippen LogP contribution in [0.2, 0.25) is 0 Å². The van der Waals surface area contributed by atoms with Crippen molar-refractivity contribution in [1.82, 2.24) is 0 Å². The Kier molecular flexibility index (Phi) is 4.80. The highest BCUT2D eigenvalue weighted by Crippen LogP contribution is 2.21. The van der Waals surface area contributed by atoms with Crippen molar-refractivity contribution in [3.63, 3.8) is 0 Å². The molecule has 0 aromatic carbocycles. The predicted molar refractivity (Wildman–Crippen MR) is 79.1 cm³/mol. The van der Waals surface area contributed by atoms with E-state index in [2.05, 4.69) is 0 Å². The maximum absolute atomic E-state index is 9.00. The zero-order valence-electron chi connectivity index (χ0n) is 11.3. The van der Waals surface area contributed by atoms with Crippen molar-refractivity contribution < 1.29 is 9.90 Å². The molecule has 2 aliphatic carbocycles.